The second-order valence-electron chi connectivity index (χ2n) is 4.49. The molecule has 114 valence electrons. The fourth-order valence-corrected chi connectivity index (χ4v) is 2.55. The molecule has 0 spiro atoms. The van der Waals surface area contributed by atoms with Crippen LogP contribution in [-0.4, -0.2) is 11.6 Å². The van der Waals surface area contributed by atoms with Crippen LogP contribution in [0.2, 0.25) is 15.1 Å². The minimum absolute atomic E-state index is 0.279. The smallest absolute Gasteiger partial charge is 0.267 e. The van der Waals surface area contributed by atoms with E-state index in [0.717, 1.165) is 11.3 Å². The lowest BCUT2D eigenvalue weighted by Gasteiger charge is -2.07. The Bertz CT molecular complexity index is 729. The van der Waals surface area contributed by atoms with Crippen LogP contribution >= 0.6 is 34.8 Å². The molecular formula is C16H13Cl3N2O. The van der Waals surface area contributed by atoms with Crippen molar-refractivity contribution in [2.75, 3.05) is 0 Å². The molecule has 6 heteroatoms. The standard InChI is InChI=1S/C16H13Cl3N2O/c1-2-15(10-4-3-5-11(17)8-10)20-21-16(22)13-7-6-12(18)9-14(13)19/h3-9H,2H2,1H3,(H,21,22). The molecule has 0 saturated heterocycles. The predicted molar refractivity (Wildman–Crippen MR) is 92.2 cm³/mol. The number of nitrogens with zero attached hydrogens (tertiary/aromatic N) is 1. The van der Waals surface area contributed by atoms with Gasteiger partial charge in [0.05, 0.1) is 16.3 Å². The topological polar surface area (TPSA) is 41.5 Å². The summed E-state index contributed by atoms with van der Waals surface area (Å²) in [6.07, 6.45) is 0.648. The SMILES string of the molecule is CCC(=NNC(=O)c1ccc(Cl)cc1Cl)c1cccc(Cl)c1. The van der Waals surface area contributed by atoms with Gasteiger partial charge in [-0.2, -0.15) is 5.10 Å². The maximum atomic E-state index is 12.1. The summed E-state index contributed by atoms with van der Waals surface area (Å²) in [6, 6.07) is 12.0. The van der Waals surface area contributed by atoms with Crippen LogP contribution in [0.1, 0.15) is 29.3 Å². The molecule has 0 aromatic heterocycles. The summed E-state index contributed by atoms with van der Waals surface area (Å²) in [4.78, 5) is 12.1. The minimum atomic E-state index is -0.394. The van der Waals surface area contributed by atoms with Crippen LogP contribution in [0.4, 0.5) is 0 Å². The van der Waals surface area contributed by atoms with Crippen molar-refractivity contribution in [3.63, 3.8) is 0 Å². The minimum Gasteiger partial charge on any atom is -0.267 e. The van der Waals surface area contributed by atoms with Crippen molar-refractivity contribution in [3.8, 4) is 0 Å². The fourth-order valence-electron chi connectivity index (χ4n) is 1.87. The maximum absolute atomic E-state index is 12.1. The first kappa shape index (κ1) is 16.8. The number of hydrazone groups is 1. The van der Waals surface area contributed by atoms with Crippen LogP contribution in [0.25, 0.3) is 0 Å². The van der Waals surface area contributed by atoms with Gasteiger partial charge in [-0.05, 0) is 42.3 Å². The fraction of sp³-hybridized carbons (Fsp3) is 0.125. The van der Waals surface area contributed by atoms with E-state index in [-0.39, 0.29) is 5.02 Å². The summed E-state index contributed by atoms with van der Waals surface area (Å²) in [7, 11) is 0. The maximum Gasteiger partial charge on any atom is 0.272 e. The molecular weight excluding hydrogens is 343 g/mol. The van der Waals surface area contributed by atoms with Crippen LogP contribution in [0.3, 0.4) is 0 Å². The van der Waals surface area contributed by atoms with Crippen molar-refractivity contribution in [2.45, 2.75) is 13.3 Å². The third-order valence-electron chi connectivity index (χ3n) is 2.96. The number of rotatable bonds is 4. The van der Waals surface area contributed by atoms with E-state index in [9.17, 15) is 4.79 Å². The number of hydrogen-bond acceptors (Lipinski definition) is 2. The molecule has 0 fully saturated rings. The lowest BCUT2D eigenvalue weighted by Crippen LogP contribution is -2.20. The molecule has 1 amide bonds. The molecule has 0 unspecified atom stereocenters. The van der Waals surface area contributed by atoms with E-state index in [1.54, 1.807) is 24.3 Å². The monoisotopic (exact) mass is 354 g/mol. The van der Waals surface area contributed by atoms with E-state index in [1.807, 2.05) is 19.1 Å². The molecule has 1 N–H and O–H groups in total. The van der Waals surface area contributed by atoms with Gasteiger partial charge in [0.25, 0.3) is 5.91 Å². The summed E-state index contributed by atoms with van der Waals surface area (Å²) in [5.74, 6) is -0.394. The van der Waals surface area contributed by atoms with E-state index in [1.165, 1.54) is 6.07 Å². The van der Waals surface area contributed by atoms with Gasteiger partial charge in [0.15, 0.2) is 0 Å². The van der Waals surface area contributed by atoms with Crippen molar-refractivity contribution < 1.29 is 4.79 Å². The van der Waals surface area contributed by atoms with E-state index < -0.39 is 5.91 Å². The molecule has 0 bridgehead atoms. The predicted octanol–water partition coefficient (Wildman–Crippen LogP) is 5.19. The van der Waals surface area contributed by atoms with Crippen LogP contribution in [0.5, 0.6) is 0 Å². The van der Waals surface area contributed by atoms with Gasteiger partial charge in [-0.1, -0.05) is 53.9 Å². The molecule has 3 nitrogen and oxygen atoms in total. The molecule has 0 aliphatic carbocycles. The average Bonchev–Trinajstić information content (AvgIpc) is 2.47. The third-order valence-corrected chi connectivity index (χ3v) is 3.74. The molecule has 0 radical (unpaired) electrons. The van der Waals surface area contributed by atoms with Gasteiger partial charge in [0, 0.05) is 10.0 Å². The number of carbonyl (C=O) groups excluding carboxylic acids is 1. The van der Waals surface area contributed by atoms with Crippen molar-refractivity contribution in [1.82, 2.24) is 5.43 Å². The van der Waals surface area contributed by atoms with Gasteiger partial charge < -0.3 is 0 Å². The summed E-state index contributed by atoms with van der Waals surface area (Å²) in [6.45, 7) is 1.95. The van der Waals surface area contributed by atoms with Crippen LogP contribution in [0.15, 0.2) is 47.6 Å². The zero-order valence-corrected chi connectivity index (χ0v) is 14.0. The highest BCUT2D eigenvalue weighted by molar-refractivity contribution is 6.36. The van der Waals surface area contributed by atoms with Gasteiger partial charge in [0.1, 0.15) is 0 Å². The van der Waals surface area contributed by atoms with E-state index in [4.69, 9.17) is 34.8 Å². The molecule has 22 heavy (non-hydrogen) atoms. The average molecular weight is 356 g/mol. The molecule has 2 aromatic carbocycles. The Morgan fingerprint density at radius 3 is 2.45 bits per heavy atom. The van der Waals surface area contributed by atoms with Crippen molar-refractivity contribution in [1.29, 1.82) is 0 Å². The molecule has 0 saturated carbocycles. The summed E-state index contributed by atoms with van der Waals surface area (Å²) in [5.41, 5.74) is 4.40. The largest absolute Gasteiger partial charge is 0.272 e. The number of amides is 1. The number of carbonyl (C=O) groups is 1. The first-order valence-corrected chi connectivity index (χ1v) is 7.72. The van der Waals surface area contributed by atoms with Gasteiger partial charge in [-0.25, -0.2) is 5.43 Å². The van der Waals surface area contributed by atoms with Gasteiger partial charge in [0.2, 0.25) is 0 Å². The van der Waals surface area contributed by atoms with Crippen LogP contribution in [-0.2, 0) is 0 Å². The zero-order chi connectivity index (χ0) is 16.1. The van der Waals surface area contributed by atoms with Gasteiger partial charge in [-0.15, -0.1) is 0 Å². The Morgan fingerprint density at radius 1 is 1.09 bits per heavy atom. The number of hydrogen-bond donors (Lipinski definition) is 1. The summed E-state index contributed by atoms with van der Waals surface area (Å²) >= 11 is 17.8. The molecule has 0 aliphatic heterocycles. The quantitative estimate of drug-likeness (QED) is 0.595. The molecule has 2 aromatic rings. The van der Waals surface area contributed by atoms with Gasteiger partial charge in [-0.3, -0.25) is 4.79 Å². The summed E-state index contributed by atoms with van der Waals surface area (Å²) in [5, 5.41) is 5.53. The molecule has 2 rings (SSSR count). The summed E-state index contributed by atoms with van der Waals surface area (Å²) < 4.78 is 0. The second kappa shape index (κ2) is 7.63. The lowest BCUT2D eigenvalue weighted by atomic mass is 10.1. The second-order valence-corrected chi connectivity index (χ2v) is 5.77. The molecule has 0 heterocycles. The highest BCUT2D eigenvalue weighted by Crippen LogP contribution is 2.21. The normalized spacial score (nSPS) is 11.4. The Morgan fingerprint density at radius 2 is 1.82 bits per heavy atom. The Hall–Kier alpha value is -1.55. The van der Waals surface area contributed by atoms with Crippen LogP contribution in [0, 0.1) is 0 Å². The first-order chi connectivity index (χ1) is 10.5. The third kappa shape index (κ3) is 4.23. The Labute approximate surface area is 143 Å². The molecule has 0 aliphatic rings. The van der Waals surface area contributed by atoms with E-state index >= 15 is 0 Å². The first-order valence-electron chi connectivity index (χ1n) is 6.59. The zero-order valence-electron chi connectivity index (χ0n) is 11.7. The van der Waals surface area contributed by atoms with E-state index in [0.29, 0.717) is 22.0 Å². The number of nitrogens with one attached hydrogen (secondary N) is 1. The number of halogens is 3. The Kier molecular flexibility index (Phi) is 5.83. The Balaban J connectivity index is 2.19. The van der Waals surface area contributed by atoms with E-state index in [2.05, 4.69) is 10.5 Å². The highest BCUT2D eigenvalue weighted by atomic mass is 35.5. The van der Waals surface area contributed by atoms with Crippen molar-refractivity contribution in [3.05, 3.63) is 68.7 Å². The van der Waals surface area contributed by atoms with Crippen LogP contribution < -0.4 is 5.43 Å². The highest BCUT2D eigenvalue weighted by Gasteiger charge is 2.10. The lowest BCUT2D eigenvalue weighted by molar-refractivity contribution is 0.0955. The van der Waals surface area contributed by atoms with Crippen molar-refractivity contribution in [2.24, 2.45) is 5.10 Å². The van der Waals surface area contributed by atoms with Gasteiger partial charge >= 0.3 is 0 Å². The number of benzene rings is 2. The van der Waals surface area contributed by atoms with Crippen molar-refractivity contribution >= 4 is 46.4 Å². The molecule has 0 atom stereocenters.